The van der Waals surface area contributed by atoms with Crippen LogP contribution in [0.4, 0.5) is 17.1 Å². The Morgan fingerprint density at radius 3 is 1.91 bits per heavy atom. The Balaban J connectivity index is 1.37. The summed E-state index contributed by atoms with van der Waals surface area (Å²) in [6.45, 7) is 0. The molecule has 9 rings (SSSR count). The molecule has 1 heterocycles. The molecule has 0 saturated carbocycles. The topological polar surface area (TPSA) is 3.24 Å². The normalized spacial score (nSPS) is 11.6. The van der Waals surface area contributed by atoms with Gasteiger partial charge >= 0.3 is 0 Å². The van der Waals surface area contributed by atoms with Gasteiger partial charge in [0.25, 0.3) is 0 Å². The second kappa shape index (κ2) is 10.1. The molecule has 9 aromatic rings. The Morgan fingerprint density at radius 1 is 0.386 bits per heavy atom. The maximum absolute atomic E-state index is 2.49. The van der Waals surface area contributed by atoms with Gasteiger partial charge in [0.05, 0.1) is 16.1 Å². The monoisotopic (exact) mass is 577 g/mol. The molecule has 206 valence electrons. The molecule has 1 aromatic heterocycles. The number of rotatable bonds is 4. The number of benzene rings is 8. The predicted octanol–water partition coefficient (Wildman–Crippen LogP) is 12.7. The summed E-state index contributed by atoms with van der Waals surface area (Å²) in [7, 11) is 0. The average Bonchev–Trinajstić information content (AvgIpc) is 3.48. The number of hydrogen-bond acceptors (Lipinski definition) is 2. The van der Waals surface area contributed by atoms with E-state index in [9.17, 15) is 0 Å². The van der Waals surface area contributed by atoms with Crippen LogP contribution in [0, 0.1) is 0 Å². The standard InChI is InChI=1S/C42H27NS/c1-3-17-32-28(12-1)14-10-22-33(32)29-15-9-16-31(26-29)43(39-24-11-23-38-37-21-7-8-25-41(37)44-42(38)39)40-27-30-13-2-4-18-34(30)35-19-5-6-20-36(35)40/h1-27H. The molecule has 44 heavy (non-hydrogen) atoms. The molecule has 0 aliphatic heterocycles. The first-order valence-electron chi connectivity index (χ1n) is 15.0. The zero-order valence-corrected chi connectivity index (χ0v) is 24.8. The van der Waals surface area contributed by atoms with Crippen molar-refractivity contribution in [1.82, 2.24) is 0 Å². The lowest BCUT2D eigenvalue weighted by Crippen LogP contribution is -2.11. The smallest absolute Gasteiger partial charge is 0.0640 e. The summed E-state index contributed by atoms with van der Waals surface area (Å²) in [5.41, 5.74) is 5.96. The van der Waals surface area contributed by atoms with Crippen LogP contribution in [0.15, 0.2) is 164 Å². The van der Waals surface area contributed by atoms with Gasteiger partial charge in [-0.25, -0.2) is 0 Å². The van der Waals surface area contributed by atoms with Crippen molar-refractivity contribution in [3.8, 4) is 11.1 Å². The fourth-order valence-electron chi connectivity index (χ4n) is 6.83. The van der Waals surface area contributed by atoms with E-state index < -0.39 is 0 Å². The molecule has 2 heteroatoms. The molecule has 8 aromatic carbocycles. The Morgan fingerprint density at radius 2 is 1.02 bits per heavy atom. The molecule has 0 fully saturated rings. The maximum Gasteiger partial charge on any atom is 0.0640 e. The molecule has 0 atom stereocenters. The SMILES string of the molecule is c1cc(-c2cccc3ccccc23)cc(N(c2cc3ccccc3c3ccccc23)c2cccc3c2sc2ccccc23)c1. The first-order valence-corrected chi connectivity index (χ1v) is 15.8. The van der Waals surface area contributed by atoms with Gasteiger partial charge in [-0.1, -0.05) is 133 Å². The number of anilines is 3. The molecule has 0 spiro atoms. The third kappa shape index (κ3) is 3.92. The van der Waals surface area contributed by atoms with Gasteiger partial charge in [-0.05, 0) is 68.4 Å². The quantitative estimate of drug-likeness (QED) is 0.188. The summed E-state index contributed by atoms with van der Waals surface area (Å²) in [5, 5.41) is 10.1. The summed E-state index contributed by atoms with van der Waals surface area (Å²) in [4.78, 5) is 2.49. The predicted molar refractivity (Wildman–Crippen MR) is 192 cm³/mol. The van der Waals surface area contributed by atoms with Crippen molar-refractivity contribution >= 4 is 80.9 Å². The van der Waals surface area contributed by atoms with E-state index in [0.717, 1.165) is 5.69 Å². The van der Waals surface area contributed by atoms with Gasteiger partial charge in [0.15, 0.2) is 0 Å². The second-order valence-corrected chi connectivity index (χ2v) is 12.4. The first kappa shape index (κ1) is 25.1. The van der Waals surface area contributed by atoms with Gasteiger partial charge in [-0.15, -0.1) is 11.3 Å². The van der Waals surface area contributed by atoms with E-state index in [1.54, 1.807) is 0 Å². The first-order chi connectivity index (χ1) is 21.8. The van der Waals surface area contributed by atoms with Crippen molar-refractivity contribution in [1.29, 1.82) is 0 Å². The third-order valence-electron chi connectivity index (χ3n) is 8.82. The van der Waals surface area contributed by atoms with E-state index >= 15 is 0 Å². The minimum absolute atomic E-state index is 1.14. The van der Waals surface area contributed by atoms with Crippen LogP contribution in [-0.2, 0) is 0 Å². The van der Waals surface area contributed by atoms with E-state index in [1.807, 2.05) is 11.3 Å². The molecule has 0 aliphatic rings. The molecule has 0 radical (unpaired) electrons. The van der Waals surface area contributed by atoms with Gasteiger partial charge in [-0.2, -0.15) is 0 Å². The second-order valence-electron chi connectivity index (χ2n) is 11.3. The number of thiophene rings is 1. The highest BCUT2D eigenvalue weighted by Gasteiger charge is 2.21. The fraction of sp³-hybridized carbons (Fsp3) is 0. The van der Waals surface area contributed by atoms with Gasteiger partial charge in [0.2, 0.25) is 0 Å². The maximum atomic E-state index is 2.49. The zero-order chi connectivity index (χ0) is 29.0. The van der Waals surface area contributed by atoms with Gasteiger partial charge in [-0.3, -0.25) is 0 Å². The van der Waals surface area contributed by atoms with E-state index in [0.29, 0.717) is 0 Å². The van der Waals surface area contributed by atoms with Crippen molar-refractivity contribution in [3.05, 3.63) is 164 Å². The Kier molecular flexibility index (Phi) is 5.75. The summed E-state index contributed by atoms with van der Waals surface area (Å²) in [6.07, 6.45) is 0. The Hall–Kier alpha value is -5.44. The summed E-state index contributed by atoms with van der Waals surface area (Å²) in [6, 6.07) is 59.8. The van der Waals surface area contributed by atoms with Gasteiger partial charge in [0, 0.05) is 26.5 Å². The van der Waals surface area contributed by atoms with Crippen molar-refractivity contribution in [3.63, 3.8) is 0 Å². The lowest BCUT2D eigenvalue weighted by Gasteiger charge is -2.28. The van der Waals surface area contributed by atoms with Crippen LogP contribution in [0.3, 0.4) is 0 Å². The van der Waals surface area contributed by atoms with E-state index in [1.165, 1.54) is 75.0 Å². The van der Waals surface area contributed by atoms with E-state index in [-0.39, 0.29) is 0 Å². The highest BCUT2D eigenvalue weighted by atomic mass is 32.1. The van der Waals surface area contributed by atoms with Crippen molar-refractivity contribution < 1.29 is 0 Å². The summed E-state index contributed by atoms with van der Waals surface area (Å²) < 4.78 is 2.60. The van der Waals surface area contributed by atoms with Crippen molar-refractivity contribution in [2.45, 2.75) is 0 Å². The minimum Gasteiger partial charge on any atom is -0.308 e. The molecule has 1 nitrogen and oxygen atoms in total. The van der Waals surface area contributed by atoms with Crippen LogP contribution in [-0.4, -0.2) is 0 Å². The molecule has 0 saturated heterocycles. The summed E-state index contributed by atoms with van der Waals surface area (Å²) in [5.74, 6) is 0. The van der Waals surface area contributed by atoms with Crippen molar-refractivity contribution in [2.75, 3.05) is 4.90 Å². The lowest BCUT2D eigenvalue weighted by molar-refractivity contribution is 1.32. The van der Waals surface area contributed by atoms with Crippen LogP contribution in [0.5, 0.6) is 0 Å². The lowest BCUT2D eigenvalue weighted by atomic mass is 9.96. The molecule has 0 amide bonds. The molecule has 0 bridgehead atoms. The number of hydrogen-bond donors (Lipinski definition) is 0. The Bertz CT molecular complexity index is 2520. The Labute approximate surface area is 259 Å². The van der Waals surface area contributed by atoms with Gasteiger partial charge in [0.1, 0.15) is 0 Å². The van der Waals surface area contributed by atoms with E-state index in [4.69, 9.17) is 0 Å². The van der Waals surface area contributed by atoms with Crippen molar-refractivity contribution in [2.24, 2.45) is 0 Å². The third-order valence-corrected chi connectivity index (χ3v) is 10.0. The molecular weight excluding hydrogens is 551 g/mol. The number of nitrogens with zero attached hydrogens (tertiary/aromatic N) is 1. The van der Waals surface area contributed by atoms with Crippen LogP contribution in [0.1, 0.15) is 0 Å². The minimum atomic E-state index is 1.14. The van der Waals surface area contributed by atoms with Crippen LogP contribution in [0.25, 0.3) is 63.6 Å². The van der Waals surface area contributed by atoms with Crippen LogP contribution < -0.4 is 4.90 Å². The highest BCUT2D eigenvalue weighted by Crippen LogP contribution is 2.48. The van der Waals surface area contributed by atoms with E-state index in [2.05, 4.69) is 169 Å². The molecule has 0 aliphatic carbocycles. The fourth-order valence-corrected chi connectivity index (χ4v) is 8.03. The van der Waals surface area contributed by atoms with Crippen LogP contribution in [0.2, 0.25) is 0 Å². The summed E-state index contributed by atoms with van der Waals surface area (Å²) >= 11 is 1.88. The molecule has 0 unspecified atom stereocenters. The average molecular weight is 578 g/mol. The van der Waals surface area contributed by atoms with Crippen LogP contribution >= 0.6 is 11.3 Å². The molecular formula is C42H27NS. The molecule has 0 N–H and O–H groups in total. The highest BCUT2D eigenvalue weighted by molar-refractivity contribution is 7.26. The zero-order valence-electron chi connectivity index (χ0n) is 23.9. The van der Waals surface area contributed by atoms with Gasteiger partial charge < -0.3 is 4.90 Å². The number of fused-ring (bicyclic) bond motifs is 7. The largest absolute Gasteiger partial charge is 0.308 e.